The normalized spacial score (nSPS) is 30.6. The molecule has 6 rings (SSSR count). The number of nitrogens with zero attached hydrogens (tertiary/aromatic N) is 4. The van der Waals surface area contributed by atoms with E-state index in [2.05, 4.69) is 58.0 Å². The molecule has 0 saturated carbocycles. The summed E-state index contributed by atoms with van der Waals surface area (Å²) < 4.78 is 1.23. The van der Waals surface area contributed by atoms with E-state index in [0.717, 1.165) is 42.8 Å². The zero-order valence-corrected chi connectivity index (χ0v) is 19.5. The zero-order valence-electron chi connectivity index (χ0n) is 18.6. The minimum atomic E-state index is 0.0291. The van der Waals surface area contributed by atoms with Gasteiger partial charge in [-0.1, -0.05) is 11.8 Å². The molecule has 7 heteroatoms. The predicted octanol–water partition coefficient (Wildman–Crippen LogP) is 0.373. The van der Waals surface area contributed by atoms with E-state index < -0.39 is 0 Å². The van der Waals surface area contributed by atoms with Crippen LogP contribution in [0.4, 0.5) is 4.79 Å². The van der Waals surface area contributed by atoms with Crippen LogP contribution >= 0.6 is 11.3 Å². The quantitative estimate of drug-likeness (QED) is 0.677. The summed E-state index contributed by atoms with van der Waals surface area (Å²) in [6.07, 6.45) is 6.57. The van der Waals surface area contributed by atoms with Crippen molar-refractivity contribution in [1.82, 2.24) is 24.9 Å². The Balaban J connectivity index is 1.22. The van der Waals surface area contributed by atoms with Crippen LogP contribution in [0.3, 0.4) is 0 Å². The van der Waals surface area contributed by atoms with Crippen molar-refractivity contribution < 1.29 is 4.79 Å². The van der Waals surface area contributed by atoms with Gasteiger partial charge in [0.15, 0.2) is 0 Å². The first-order valence-electron chi connectivity index (χ1n) is 11.6. The van der Waals surface area contributed by atoms with Crippen molar-refractivity contribution in [1.29, 1.82) is 0 Å². The van der Waals surface area contributed by atoms with Crippen molar-refractivity contribution in [3.8, 4) is 11.8 Å². The molecular formula is C24H33N5OS. The van der Waals surface area contributed by atoms with Crippen molar-refractivity contribution in [2.75, 3.05) is 59.4 Å². The third-order valence-corrected chi connectivity index (χ3v) is 8.46. The van der Waals surface area contributed by atoms with Gasteiger partial charge in [-0.2, -0.15) is 0 Å². The van der Waals surface area contributed by atoms with Gasteiger partial charge in [0, 0.05) is 60.8 Å². The monoisotopic (exact) mass is 439 g/mol. The number of fused-ring (bicyclic) bond motifs is 4. The third kappa shape index (κ3) is 4.54. The number of nitrogens with one attached hydrogen (secondary N) is 1. The first-order valence-corrected chi connectivity index (χ1v) is 12.4. The number of piperazine rings is 1. The average Bonchev–Trinajstić information content (AvgIpc) is 3.20. The SMILES string of the molecule is C[C@H]1[C@H](NC(=O)N2C=c3cc(C#CCN4CCN(C)CC4)sc3=CC2)C2CCN1CC2. The van der Waals surface area contributed by atoms with E-state index in [4.69, 9.17) is 0 Å². The molecule has 2 atom stereocenters. The Hall–Kier alpha value is -1.85. The second-order valence-electron chi connectivity index (χ2n) is 9.39. The van der Waals surface area contributed by atoms with Crippen LogP contribution in [0, 0.1) is 17.8 Å². The molecule has 1 aromatic heterocycles. The predicted molar refractivity (Wildman–Crippen MR) is 126 cm³/mol. The molecule has 2 amide bonds. The van der Waals surface area contributed by atoms with Crippen LogP contribution in [0.25, 0.3) is 12.3 Å². The van der Waals surface area contributed by atoms with Gasteiger partial charge in [0.25, 0.3) is 0 Å². The number of likely N-dealkylation sites (N-methyl/N-ethyl adjacent to an activating group) is 1. The maximum absolute atomic E-state index is 13.0. The first-order chi connectivity index (χ1) is 15.1. The van der Waals surface area contributed by atoms with E-state index in [1.54, 1.807) is 11.3 Å². The van der Waals surface area contributed by atoms with Crippen molar-refractivity contribution in [2.45, 2.75) is 31.8 Å². The van der Waals surface area contributed by atoms with Crippen LogP contribution in [-0.4, -0.2) is 97.1 Å². The Morgan fingerprint density at radius 1 is 1.19 bits per heavy atom. The Morgan fingerprint density at radius 3 is 2.71 bits per heavy atom. The minimum Gasteiger partial charge on any atom is -0.333 e. The fourth-order valence-electron chi connectivity index (χ4n) is 5.30. The van der Waals surface area contributed by atoms with Gasteiger partial charge in [0.2, 0.25) is 0 Å². The number of carbonyl (C=O) groups is 1. The van der Waals surface area contributed by atoms with E-state index >= 15 is 0 Å². The lowest BCUT2D eigenvalue weighted by Gasteiger charge is -2.50. The van der Waals surface area contributed by atoms with E-state index in [-0.39, 0.29) is 12.1 Å². The van der Waals surface area contributed by atoms with Gasteiger partial charge in [-0.3, -0.25) is 14.7 Å². The number of piperidine rings is 3. The summed E-state index contributed by atoms with van der Waals surface area (Å²) in [5.41, 5.74) is 0. The van der Waals surface area contributed by atoms with Gasteiger partial charge in [0.05, 0.1) is 11.4 Å². The Kier molecular flexibility index (Phi) is 6.07. The van der Waals surface area contributed by atoms with Crippen LogP contribution in [0.2, 0.25) is 0 Å². The van der Waals surface area contributed by atoms with Gasteiger partial charge in [-0.25, -0.2) is 4.79 Å². The van der Waals surface area contributed by atoms with Gasteiger partial charge in [-0.05, 0) is 58.0 Å². The molecule has 5 aliphatic heterocycles. The molecule has 1 aromatic rings. The molecule has 31 heavy (non-hydrogen) atoms. The molecule has 0 spiro atoms. The standard InChI is InChI=1S/C24H33N5OS/c1-18-23(19-5-9-28(18)10-6-19)25-24(30)29-11-7-22-20(17-29)16-21(31-22)4-3-8-27-14-12-26(2)13-15-27/h7,16-19,23H,5-6,8-15H2,1-2H3,(H,25,30)/t18-,23-/m0/s1. The van der Waals surface area contributed by atoms with E-state index in [1.165, 1.54) is 30.5 Å². The minimum absolute atomic E-state index is 0.0291. The van der Waals surface area contributed by atoms with Gasteiger partial charge in [0.1, 0.15) is 0 Å². The number of amides is 2. The van der Waals surface area contributed by atoms with E-state index in [0.29, 0.717) is 18.5 Å². The van der Waals surface area contributed by atoms with Crippen molar-refractivity contribution in [3.05, 3.63) is 20.7 Å². The van der Waals surface area contributed by atoms with Crippen LogP contribution in [-0.2, 0) is 0 Å². The number of rotatable bonds is 2. The third-order valence-electron chi connectivity index (χ3n) is 7.40. The summed E-state index contributed by atoms with van der Waals surface area (Å²) in [5.74, 6) is 7.31. The van der Waals surface area contributed by atoms with Crippen molar-refractivity contribution >= 4 is 29.6 Å². The van der Waals surface area contributed by atoms with Crippen LogP contribution in [0.15, 0.2) is 6.07 Å². The summed E-state index contributed by atoms with van der Waals surface area (Å²) in [6.45, 7) is 10.5. The highest BCUT2D eigenvalue weighted by atomic mass is 32.1. The number of thiophene rings is 1. The highest BCUT2D eigenvalue weighted by Gasteiger charge is 2.40. The summed E-state index contributed by atoms with van der Waals surface area (Å²) >= 11 is 1.73. The number of hydrogen-bond acceptors (Lipinski definition) is 5. The average molecular weight is 440 g/mol. The second-order valence-corrected chi connectivity index (χ2v) is 10.5. The molecule has 0 aromatic carbocycles. The lowest BCUT2D eigenvalue weighted by atomic mass is 9.79. The first kappa shape index (κ1) is 21.0. The molecule has 166 valence electrons. The molecule has 0 radical (unpaired) electrons. The largest absolute Gasteiger partial charge is 0.333 e. The van der Waals surface area contributed by atoms with Gasteiger partial charge in [-0.15, -0.1) is 11.3 Å². The van der Waals surface area contributed by atoms with Crippen LogP contribution in [0.1, 0.15) is 24.6 Å². The molecule has 2 bridgehead atoms. The number of urea groups is 1. The molecule has 1 N–H and O–H groups in total. The number of hydrogen-bond donors (Lipinski definition) is 1. The molecule has 6 heterocycles. The molecule has 5 aliphatic rings. The molecule has 6 nitrogen and oxygen atoms in total. The molecule has 4 saturated heterocycles. The lowest BCUT2D eigenvalue weighted by molar-refractivity contribution is 0.0255. The summed E-state index contributed by atoms with van der Waals surface area (Å²) in [6, 6.07) is 2.86. The summed E-state index contributed by atoms with van der Waals surface area (Å²) in [4.78, 5) is 23.2. The smallest absolute Gasteiger partial charge is 0.321 e. The fraction of sp³-hybridized carbons (Fsp3) is 0.625. The van der Waals surface area contributed by atoms with Gasteiger partial charge >= 0.3 is 6.03 Å². The Morgan fingerprint density at radius 2 is 1.97 bits per heavy atom. The summed E-state index contributed by atoms with van der Waals surface area (Å²) in [7, 11) is 2.17. The maximum atomic E-state index is 13.0. The maximum Gasteiger partial charge on any atom is 0.321 e. The van der Waals surface area contributed by atoms with Gasteiger partial charge < -0.3 is 10.2 Å². The highest BCUT2D eigenvalue weighted by molar-refractivity contribution is 7.10. The molecule has 0 unspecified atom stereocenters. The lowest BCUT2D eigenvalue weighted by Crippen LogP contribution is -2.63. The van der Waals surface area contributed by atoms with E-state index in [1.807, 2.05) is 11.1 Å². The molecular weight excluding hydrogens is 406 g/mol. The zero-order chi connectivity index (χ0) is 21.4. The van der Waals surface area contributed by atoms with Crippen LogP contribution < -0.4 is 15.1 Å². The fourth-order valence-corrected chi connectivity index (χ4v) is 6.23. The Bertz CT molecular complexity index is 989. The van der Waals surface area contributed by atoms with Crippen molar-refractivity contribution in [2.24, 2.45) is 5.92 Å². The van der Waals surface area contributed by atoms with Crippen molar-refractivity contribution in [3.63, 3.8) is 0 Å². The second kappa shape index (κ2) is 8.95. The number of carbonyl (C=O) groups excluding carboxylic acids is 1. The topological polar surface area (TPSA) is 42.1 Å². The summed E-state index contributed by atoms with van der Waals surface area (Å²) in [5, 5.41) is 4.45. The highest BCUT2D eigenvalue weighted by Crippen LogP contribution is 2.32. The molecule has 0 aliphatic carbocycles. The van der Waals surface area contributed by atoms with Crippen LogP contribution in [0.5, 0.6) is 0 Å². The molecule has 4 fully saturated rings. The van der Waals surface area contributed by atoms with E-state index in [9.17, 15) is 4.79 Å². The Labute approximate surface area is 189 Å².